The predicted molar refractivity (Wildman–Crippen MR) is 178 cm³/mol. The third-order valence-electron chi connectivity index (χ3n) is 8.49. The first-order chi connectivity index (χ1) is 21.1. The highest BCUT2D eigenvalue weighted by atomic mass is 16.6. The lowest BCUT2D eigenvalue weighted by Crippen LogP contribution is -2.40. The van der Waals surface area contributed by atoms with Crippen molar-refractivity contribution in [3.63, 3.8) is 0 Å². The van der Waals surface area contributed by atoms with Crippen molar-refractivity contribution < 1.29 is 14.3 Å². The SMILES string of the molecule is COc1cccc(N(C)C)c1CN1CCC(Nc2nc(NCCC3CCCN3C(=O)OC(C)(C)C)nc3ccccc23)CC1. The molecule has 2 fully saturated rings. The second-order valence-electron chi connectivity index (χ2n) is 13.1. The fourth-order valence-corrected chi connectivity index (χ4v) is 6.29. The first-order valence-electron chi connectivity index (χ1n) is 15.9. The number of carbonyl (C=O) groups is 1. The van der Waals surface area contributed by atoms with Gasteiger partial charge in [-0.15, -0.1) is 0 Å². The average molecular weight is 604 g/mol. The standard InChI is InChI=1S/C34H49N7O3/c1-34(2,3)44-33(42)41-20-10-11-25(41)16-19-35-32-37-28-13-8-7-12-26(28)31(38-32)36-24-17-21-40(22-18-24)23-27-29(39(4)5)14-9-15-30(27)43-6/h7-9,12-15,24-25H,10-11,16-23H2,1-6H3,(H2,35,36,37,38). The molecule has 1 amide bonds. The van der Waals surface area contributed by atoms with E-state index in [0.29, 0.717) is 18.5 Å². The number of nitrogens with one attached hydrogen (secondary N) is 2. The Hall–Kier alpha value is -3.79. The normalized spacial score (nSPS) is 18.0. The van der Waals surface area contributed by atoms with Gasteiger partial charge in [0, 0.05) is 75.5 Å². The van der Waals surface area contributed by atoms with Gasteiger partial charge < -0.3 is 29.9 Å². The van der Waals surface area contributed by atoms with Crippen LogP contribution in [-0.2, 0) is 11.3 Å². The number of carbonyl (C=O) groups excluding carboxylic acids is 1. The average Bonchev–Trinajstić information content (AvgIpc) is 3.46. The first kappa shape index (κ1) is 31.6. The van der Waals surface area contributed by atoms with E-state index in [1.165, 1.54) is 11.3 Å². The highest BCUT2D eigenvalue weighted by molar-refractivity contribution is 5.90. The number of likely N-dealkylation sites (tertiary alicyclic amines) is 2. The lowest BCUT2D eigenvalue weighted by Gasteiger charge is -2.34. The zero-order valence-corrected chi connectivity index (χ0v) is 27.2. The largest absolute Gasteiger partial charge is 0.496 e. The van der Waals surface area contributed by atoms with Gasteiger partial charge in [0.2, 0.25) is 5.95 Å². The van der Waals surface area contributed by atoms with Crippen LogP contribution in [0.3, 0.4) is 0 Å². The molecule has 0 aliphatic carbocycles. The third-order valence-corrected chi connectivity index (χ3v) is 8.49. The Bertz CT molecular complexity index is 1420. The van der Waals surface area contributed by atoms with Crippen LogP contribution >= 0.6 is 0 Å². The molecule has 2 aromatic carbocycles. The number of ether oxygens (including phenoxy) is 2. The monoisotopic (exact) mass is 603 g/mol. The lowest BCUT2D eigenvalue weighted by atomic mass is 10.0. The maximum Gasteiger partial charge on any atom is 0.410 e. The molecule has 10 heteroatoms. The molecule has 238 valence electrons. The molecule has 44 heavy (non-hydrogen) atoms. The fourth-order valence-electron chi connectivity index (χ4n) is 6.29. The molecule has 2 N–H and O–H groups in total. The molecular weight excluding hydrogens is 554 g/mol. The number of piperidine rings is 1. The quantitative estimate of drug-likeness (QED) is 0.290. The van der Waals surface area contributed by atoms with E-state index < -0.39 is 5.60 Å². The highest BCUT2D eigenvalue weighted by Crippen LogP contribution is 2.31. The summed E-state index contributed by atoms with van der Waals surface area (Å²) in [6, 6.07) is 14.9. The number of anilines is 3. The van der Waals surface area contributed by atoms with Crippen LogP contribution < -0.4 is 20.3 Å². The molecule has 3 heterocycles. The van der Waals surface area contributed by atoms with Gasteiger partial charge in [0.15, 0.2) is 0 Å². The van der Waals surface area contributed by atoms with Gasteiger partial charge >= 0.3 is 6.09 Å². The Morgan fingerprint density at radius 2 is 1.80 bits per heavy atom. The van der Waals surface area contributed by atoms with Crippen molar-refractivity contribution in [2.45, 2.75) is 77.1 Å². The zero-order valence-electron chi connectivity index (χ0n) is 27.2. The number of nitrogens with zero attached hydrogens (tertiary/aromatic N) is 5. The number of rotatable bonds is 10. The molecule has 0 spiro atoms. The van der Waals surface area contributed by atoms with Gasteiger partial charge in [0.25, 0.3) is 0 Å². The smallest absolute Gasteiger partial charge is 0.410 e. The van der Waals surface area contributed by atoms with Crippen molar-refractivity contribution in [1.82, 2.24) is 19.8 Å². The summed E-state index contributed by atoms with van der Waals surface area (Å²) in [5.41, 5.74) is 2.85. The molecular formula is C34H49N7O3. The number of amides is 1. The molecule has 0 bridgehead atoms. The number of fused-ring (bicyclic) bond motifs is 1. The van der Waals surface area contributed by atoms with Crippen LogP contribution in [0.2, 0.25) is 0 Å². The number of benzene rings is 2. The van der Waals surface area contributed by atoms with Crippen LogP contribution in [0.5, 0.6) is 5.75 Å². The molecule has 2 saturated heterocycles. The van der Waals surface area contributed by atoms with E-state index in [1.807, 2.05) is 49.9 Å². The van der Waals surface area contributed by atoms with Crippen molar-refractivity contribution in [1.29, 1.82) is 0 Å². The Morgan fingerprint density at radius 3 is 2.52 bits per heavy atom. The summed E-state index contributed by atoms with van der Waals surface area (Å²) < 4.78 is 11.3. The minimum Gasteiger partial charge on any atom is -0.496 e. The highest BCUT2D eigenvalue weighted by Gasteiger charge is 2.32. The Labute approximate surface area is 262 Å². The minimum absolute atomic E-state index is 0.158. The molecule has 1 unspecified atom stereocenters. The number of methoxy groups -OCH3 is 1. The first-order valence-corrected chi connectivity index (χ1v) is 15.9. The van der Waals surface area contributed by atoms with Gasteiger partial charge in [-0.25, -0.2) is 9.78 Å². The van der Waals surface area contributed by atoms with Crippen molar-refractivity contribution in [3.8, 4) is 5.75 Å². The molecule has 5 rings (SSSR count). The lowest BCUT2D eigenvalue weighted by molar-refractivity contribution is 0.0223. The van der Waals surface area contributed by atoms with Crippen LogP contribution in [0, 0.1) is 0 Å². The topological polar surface area (TPSA) is 95.1 Å². The minimum atomic E-state index is -0.494. The van der Waals surface area contributed by atoms with Crippen LogP contribution in [0.25, 0.3) is 10.9 Å². The van der Waals surface area contributed by atoms with E-state index in [-0.39, 0.29) is 12.1 Å². The van der Waals surface area contributed by atoms with E-state index >= 15 is 0 Å². The van der Waals surface area contributed by atoms with Crippen LogP contribution in [0.15, 0.2) is 42.5 Å². The van der Waals surface area contributed by atoms with Crippen LogP contribution in [-0.4, -0.2) is 90.9 Å². The summed E-state index contributed by atoms with van der Waals surface area (Å²) >= 11 is 0. The maximum absolute atomic E-state index is 12.7. The fraction of sp³-hybridized carbons (Fsp3) is 0.559. The Balaban J connectivity index is 1.20. The molecule has 2 aliphatic heterocycles. The number of hydrogen-bond donors (Lipinski definition) is 2. The second-order valence-corrected chi connectivity index (χ2v) is 13.1. The number of hydrogen-bond acceptors (Lipinski definition) is 9. The van der Waals surface area contributed by atoms with Crippen LogP contribution in [0.1, 0.15) is 58.4 Å². The molecule has 1 aromatic heterocycles. The van der Waals surface area contributed by atoms with Crippen LogP contribution in [0.4, 0.5) is 22.2 Å². The van der Waals surface area contributed by atoms with E-state index in [0.717, 1.165) is 80.8 Å². The molecule has 0 saturated carbocycles. The molecule has 10 nitrogen and oxygen atoms in total. The predicted octanol–water partition coefficient (Wildman–Crippen LogP) is 5.98. The van der Waals surface area contributed by atoms with E-state index in [4.69, 9.17) is 19.4 Å². The van der Waals surface area contributed by atoms with Crippen molar-refractivity contribution in [2.24, 2.45) is 0 Å². The summed E-state index contributed by atoms with van der Waals surface area (Å²) in [5.74, 6) is 2.42. The van der Waals surface area contributed by atoms with Gasteiger partial charge in [-0.1, -0.05) is 18.2 Å². The molecule has 1 atom stereocenters. The second kappa shape index (κ2) is 13.9. The number of aromatic nitrogens is 2. The van der Waals surface area contributed by atoms with Gasteiger partial charge in [-0.3, -0.25) is 4.90 Å². The third kappa shape index (κ3) is 7.83. The molecule has 0 radical (unpaired) electrons. The number of para-hydroxylation sites is 1. The summed E-state index contributed by atoms with van der Waals surface area (Å²) in [6.45, 7) is 10.00. The zero-order chi connectivity index (χ0) is 31.3. The summed E-state index contributed by atoms with van der Waals surface area (Å²) in [5, 5.41) is 8.22. The van der Waals surface area contributed by atoms with Crippen molar-refractivity contribution in [3.05, 3.63) is 48.0 Å². The summed E-state index contributed by atoms with van der Waals surface area (Å²) in [6.07, 6.45) is 4.63. The summed E-state index contributed by atoms with van der Waals surface area (Å²) in [4.78, 5) is 29.0. The maximum atomic E-state index is 12.7. The van der Waals surface area contributed by atoms with E-state index in [2.05, 4.69) is 52.7 Å². The Morgan fingerprint density at radius 1 is 1.02 bits per heavy atom. The van der Waals surface area contributed by atoms with Crippen molar-refractivity contribution >= 4 is 34.4 Å². The van der Waals surface area contributed by atoms with Gasteiger partial charge in [-0.2, -0.15) is 4.98 Å². The van der Waals surface area contributed by atoms with Crippen molar-refractivity contribution in [2.75, 3.05) is 62.9 Å². The van der Waals surface area contributed by atoms with E-state index in [1.54, 1.807) is 7.11 Å². The Kier molecular flexibility index (Phi) is 9.98. The van der Waals surface area contributed by atoms with E-state index in [9.17, 15) is 4.79 Å². The summed E-state index contributed by atoms with van der Waals surface area (Å²) in [7, 11) is 5.91. The van der Waals surface area contributed by atoms with Gasteiger partial charge in [-0.05, 0) is 77.1 Å². The van der Waals surface area contributed by atoms with Gasteiger partial charge in [0.1, 0.15) is 17.2 Å². The van der Waals surface area contributed by atoms with Gasteiger partial charge in [0.05, 0.1) is 12.6 Å². The molecule has 2 aliphatic rings. The molecule has 3 aromatic rings.